The summed E-state index contributed by atoms with van der Waals surface area (Å²) >= 11 is 0. The first-order chi connectivity index (χ1) is 6.74. The Morgan fingerprint density at radius 3 is 2.93 bits per heavy atom. The van der Waals surface area contributed by atoms with Crippen molar-refractivity contribution in [1.29, 1.82) is 0 Å². The highest BCUT2D eigenvalue weighted by atomic mass is 16.5. The molecule has 1 unspecified atom stereocenters. The van der Waals surface area contributed by atoms with Gasteiger partial charge in [0.1, 0.15) is 0 Å². The molecule has 0 N–H and O–H groups in total. The topological polar surface area (TPSA) is 29.5 Å². The largest absolute Gasteiger partial charge is 0.466 e. The van der Waals surface area contributed by atoms with Gasteiger partial charge >= 0.3 is 5.97 Å². The Morgan fingerprint density at radius 2 is 2.29 bits per heavy atom. The van der Waals surface area contributed by atoms with E-state index in [1.807, 2.05) is 6.92 Å². The van der Waals surface area contributed by atoms with E-state index in [4.69, 9.17) is 4.74 Å². The first kappa shape index (κ1) is 11.5. The van der Waals surface area contributed by atoms with E-state index in [0.717, 1.165) is 13.1 Å². The van der Waals surface area contributed by atoms with Crippen LogP contribution in [-0.2, 0) is 9.53 Å². The van der Waals surface area contributed by atoms with Gasteiger partial charge in [-0.15, -0.1) is 0 Å². The predicted molar refractivity (Wildman–Crippen MR) is 56.1 cm³/mol. The maximum atomic E-state index is 11.1. The third-order valence-corrected chi connectivity index (χ3v) is 2.85. The van der Waals surface area contributed by atoms with Gasteiger partial charge in [0.2, 0.25) is 0 Å². The molecule has 0 radical (unpaired) electrons. The fraction of sp³-hybridized carbons (Fsp3) is 0.909. The molecular formula is C11H21NO2. The molecule has 1 fully saturated rings. The van der Waals surface area contributed by atoms with Crippen LogP contribution < -0.4 is 0 Å². The highest BCUT2D eigenvalue weighted by Gasteiger charge is 2.18. The molecule has 0 amide bonds. The Labute approximate surface area is 86.4 Å². The first-order valence-electron chi connectivity index (χ1n) is 5.63. The van der Waals surface area contributed by atoms with E-state index in [2.05, 4.69) is 11.8 Å². The van der Waals surface area contributed by atoms with Crippen molar-refractivity contribution in [1.82, 2.24) is 4.90 Å². The molecule has 1 saturated heterocycles. The maximum absolute atomic E-state index is 11.1. The van der Waals surface area contributed by atoms with Crippen LogP contribution in [0.5, 0.6) is 0 Å². The minimum Gasteiger partial charge on any atom is -0.466 e. The second-order valence-electron chi connectivity index (χ2n) is 3.94. The van der Waals surface area contributed by atoms with Gasteiger partial charge in [0.25, 0.3) is 0 Å². The van der Waals surface area contributed by atoms with Crippen LogP contribution in [0.4, 0.5) is 0 Å². The summed E-state index contributed by atoms with van der Waals surface area (Å²) < 4.78 is 4.90. The number of nitrogens with zero attached hydrogens (tertiary/aromatic N) is 1. The summed E-state index contributed by atoms with van der Waals surface area (Å²) in [5.41, 5.74) is 0. The van der Waals surface area contributed by atoms with Crippen LogP contribution in [0.2, 0.25) is 0 Å². The fourth-order valence-corrected chi connectivity index (χ4v) is 1.96. The van der Waals surface area contributed by atoms with Crippen molar-refractivity contribution in [3.05, 3.63) is 0 Å². The number of ether oxygens (including phenoxy) is 1. The van der Waals surface area contributed by atoms with Crippen LogP contribution in [0.1, 0.15) is 39.5 Å². The van der Waals surface area contributed by atoms with Crippen molar-refractivity contribution >= 4 is 5.97 Å². The van der Waals surface area contributed by atoms with Crippen LogP contribution >= 0.6 is 0 Å². The van der Waals surface area contributed by atoms with E-state index >= 15 is 0 Å². The van der Waals surface area contributed by atoms with E-state index in [1.54, 1.807) is 0 Å². The minimum absolute atomic E-state index is 0.0646. The molecule has 3 nitrogen and oxygen atoms in total. The molecule has 1 aliphatic heterocycles. The van der Waals surface area contributed by atoms with Crippen molar-refractivity contribution in [2.75, 3.05) is 19.7 Å². The number of carbonyl (C=O) groups is 1. The van der Waals surface area contributed by atoms with Crippen molar-refractivity contribution in [3.63, 3.8) is 0 Å². The molecule has 0 spiro atoms. The molecule has 82 valence electrons. The van der Waals surface area contributed by atoms with Gasteiger partial charge in [-0.3, -0.25) is 4.79 Å². The molecule has 0 saturated carbocycles. The van der Waals surface area contributed by atoms with Gasteiger partial charge in [-0.05, 0) is 33.2 Å². The third-order valence-electron chi connectivity index (χ3n) is 2.85. The summed E-state index contributed by atoms with van der Waals surface area (Å²) in [5.74, 6) is -0.0646. The molecule has 1 aliphatic rings. The molecule has 0 bridgehead atoms. The number of piperidine rings is 1. The summed E-state index contributed by atoms with van der Waals surface area (Å²) in [7, 11) is 0. The number of likely N-dealkylation sites (tertiary alicyclic amines) is 1. The predicted octanol–water partition coefficient (Wildman–Crippen LogP) is 1.81. The van der Waals surface area contributed by atoms with E-state index in [1.165, 1.54) is 19.3 Å². The lowest BCUT2D eigenvalue weighted by molar-refractivity contribution is -0.143. The molecule has 1 atom stereocenters. The van der Waals surface area contributed by atoms with Gasteiger partial charge in [0, 0.05) is 12.6 Å². The van der Waals surface area contributed by atoms with Crippen LogP contribution in [0.15, 0.2) is 0 Å². The van der Waals surface area contributed by atoms with Gasteiger partial charge < -0.3 is 9.64 Å². The zero-order valence-electron chi connectivity index (χ0n) is 9.29. The van der Waals surface area contributed by atoms with Crippen LogP contribution in [-0.4, -0.2) is 36.6 Å². The minimum atomic E-state index is -0.0646. The lowest BCUT2D eigenvalue weighted by Gasteiger charge is -2.32. The van der Waals surface area contributed by atoms with Gasteiger partial charge in [0.15, 0.2) is 0 Å². The second kappa shape index (κ2) is 6.02. The average Bonchev–Trinajstić information content (AvgIpc) is 2.17. The fourth-order valence-electron chi connectivity index (χ4n) is 1.96. The Bertz CT molecular complexity index is 182. The van der Waals surface area contributed by atoms with E-state index in [9.17, 15) is 4.79 Å². The van der Waals surface area contributed by atoms with Crippen molar-refractivity contribution in [2.45, 2.75) is 45.6 Å². The normalized spacial score (nSPS) is 23.4. The summed E-state index contributed by atoms with van der Waals surface area (Å²) in [5, 5.41) is 0. The van der Waals surface area contributed by atoms with E-state index in [0.29, 0.717) is 19.1 Å². The molecule has 0 aromatic rings. The van der Waals surface area contributed by atoms with Crippen LogP contribution in [0.25, 0.3) is 0 Å². The Hall–Kier alpha value is -0.570. The smallest absolute Gasteiger partial charge is 0.307 e. The molecule has 0 aromatic carbocycles. The Kier molecular flexibility index (Phi) is 4.94. The zero-order chi connectivity index (χ0) is 10.4. The van der Waals surface area contributed by atoms with Gasteiger partial charge in [-0.2, -0.15) is 0 Å². The number of hydrogen-bond donors (Lipinski definition) is 0. The van der Waals surface area contributed by atoms with Crippen molar-refractivity contribution in [2.24, 2.45) is 0 Å². The van der Waals surface area contributed by atoms with Crippen molar-refractivity contribution in [3.8, 4) is 0 Å². The monoisotopic (exact) mass is 199 g/mol. The highest BCUT2D eigenvalue weighted by Crippen LogP contribution is 2.16. The Balaban J connectivity index is 2.19. The van der Waals surface area contributed by atoms with E-state index < -0.39 is 0 Å². The zero-order valence-corrected chi connectivity index (χ0v) is 9.29. The van der Waals surface area contributed by atoms with Gasteiger partial charge in [0.05, 0.1) is 13.0 Å². The lowest BCUT2D eigenvalue weighted by Crippen LogP contribution is -2.38. The van der Waals surface area contributed by atoms with Gasteiger partial charge in [-0.1, -0.05) is 6.42 Å². The van der Waals surface area contributed by atoms with Gasteiger partial charge in [-0.25, -0.2) is 0 Å². The molecular weight excluding hydrogens is 178 g/mol. The highest BCUT2D eigenvalue weighted by molar-refractivity contribution is 5.69. The van der Waals surface area contributed by atoms with Crippen molar-refractivity contribution < 1.29 is 9.53 Å². The maximum Gasteiger partial charge on any atom is 0.307 e. The number of carbonyl (C=O) groups excluding carboxylic acids is 1. The summed E-state index contributed by atoms with van der Waals surface area (Å²) in [6, 6.07) is 0.637. The average molecular weight is 199 g/mol. The quantitative estimate of drug-likeness (QED) is 0.647. The molecule has 1 heterocycles. The Morgan fingerprint density at radius 1 is 1.50 bits per heavy atom. The number of esters is 1. The molecule has 1 rings (SSSR count). The lowest BCUT2D eigenvalue weighted by atomic mass is 10.0. The van der Waals surface area contributed by atoms with E-state index in [-0.39, 0.29) is 5.97 Å². The molecule has 0 aromatic heterocycles. The summed E-state index contributed by atoms with van der Waals surface area (Å²) in [4.78, 5) is 13.5. The summed E-state index contributed by atoms with van der Waals surface area (Å²) in [6.45, 7) is 6.58. The summed E-state index contributed by atoms with van der Waals surface area (Å²) in [6.07, 6.45) is 4.41. The second-order valence-corrected chi connectivity index (χ2v) is 3.94. The van der Waals surface area contributed by atoms with Crippen LogP contribution in [0, 0.1) is 0 Å². The standard InChI is InChI=1S/C11H21NO2/c1-3-14-11(13)7-9-12-8-5-4-6-10(12)2/h10H,3-9H2,1-2H3. The third kappa shape index (κ3) is 3.66. The van der Waals surface area contributed by atoms with Crippen LogP contribution in [0.3, 0.4) is 0 Å². The number of hydrogen-bond acceptors (Lipinski definition) is 3. The first-order valence-corrected chi connectivity index (χ1v) is 5.63. The molecule has 3 heteroatoms. The number of rotatable bonds is 4. The molecule has 0 aliphatic carbocycles. The molecule has 14 heavy (non-hydrogen) atoms. The SMILES string of the molecule is CCOC(=O)CCN1CCCCC1C.